The second-order valence-electron chi connectivity index (χ2n) is 5.64. The van der Waals surface area contributed by atoms with E-state index in [0.29, 0.717) is 0 Å². The van der Waals surface area contributed by atoms with Crippen LogP contribution in [-0.4, -0.2) is 16.1 Å². The summed E-state index contributed by atoms with van der Waals surface area (Å²) >= 11 is 5.93. The molecule has 4 heteroatoms. The van der Waals surface area contributed by atoms with E-state index >= 15 is 0 Å². The summed E-state index contributed by atoms with van der Waals surface area (Å²) in [4.78, 5) is 4.14. The molecule has 0 fully saturated rings. The summed E-state index contributed by atoms with van der Waals surface area (Å²) < 4.78 is 2.18. The van der Waals surface area contributed by atoms with Crippen LogP contribution in [0.4, 0.5) is 0 Å². The van der Waals surface area contributed by atoms with Gasteiger partial charge in [0.25, 0.3) is 0 Å². The molecule has 0 saturated heterocycles. The van der Waals surface area contributed by atoms with Gasteiger partial charge in [-0.05, 0) is 51.4 Å². The Balaban J connectivity index is 1.83. The molecule has 0 spiro atoms. The first kappa shape index (κ1) is 15.1. The Morgan fingerprint density at radius 1 is 1.25 bits per heavy atom. The third-order valence-electron chi connectivity index (χ3n) is 3.63. The third kappa shape index (κ3) is 3.84. The first-order valence-corrected chi connectivity index (χ1v) is 7.34. The van der Waals surface area contributed by atoms with Crippen molar-refractivity contribution in [2.24, 2.45) is 0 Å². The van der Waals surface area contributed by atoms with Gasteiger partial charge in [0, 0.05) is 29.0 Å². The van der Waals surface area contributed by atoms with Crippen molar-refractivity contribution in [3.63, 3.8) is 0 Å². The van der Waals surface area contributed by atoms with Crippen LogP contribution in [0.25, 0.3) is 0 Å². The van der Waals surface area contributed by atoms with E-state index in [1.165, 1.54) is 11.3 Å². The normalized spacial score (nSPS) is 11.8. The lowest BCUT2D eigenvalue weighted by atomic mass is 9.94. The van der Waals surface area contributed by atoms with Gasteiger partial charge < -0.3 is 9.88 Å². The largest absolute Gasteiger partial charge is 0.335 e. The average Bonchev–Trinajstić information content (AvgIpc) is 2.81. The van der Waals surface area contributed by atoms with Crippen molar-refractivity contribution in [1.82, 2.24) is 14.9 Å². The van der Waals surface area contributed by atoms with Crippen molar-refractivity contribution >= 4 is 11.6 Å². The summed E-state index contributed by atoms with van der Waals surface area (Å²) in [5.74, 6) is 0. The lowest BCUT2D eigenvalue weighted by molar-refractivity contribution is 0.392. The standard InChI is InChI=1S/C16H22ClN3/c1-13-11-18-12-20(13)10-4-9-19-16(2,3)14-5-7-15(17)8-6-14/h5-8,11-12,19H,4,9-10H2,1-3H3. The topological polar surface area (TPSA) is 29.9 Å². The van der Waals surface area contributed by atoms with E-state index < -0.39 is 0 Å². The van der Waals surface area contributed by atoms with Gasteiger partial charge in [-0.25, -0.2) is 4.98 Å². The van der Waals surface area contributed by atoms with E-state index in [4.69, 9.17) is 11.6 Å². The summed E-state index contributed by atoms with van der Waals surface area (Å²) in [6, 6.07) is 8.04. The second-order valence-corrected chi connectivity index (χ2v) is 6.08. The highest BCUT2D eigenvalue weighted by Crippen LogP contribution is 2.21. The highest BCUT2D eigenvalue weighted by molar-refractivity contribution is 6.30. The van der Waals surface area contributed by atoms with Gasteiger partial charge in [-0.1, -0.05) is 23.7 Å². The Morgan fingerprint density at radius 3 is 2.55 bits per heavy atom. The number of nitrogens with zero attached hydrogens (tertiary/aromatic N) is 2. The average molecular weight is 292 g/mol. The van der Waals surface area contributed by atoms with Crippen LogP contribution < -0.4 is 5.32 Å². The minimum absolute atomic E-state index is 0.0471. The lowest BCUT2D eigenvalue weighted by Gasteiger charge is -2.27. The van der Waals surface area contributed by atoms with Crippen LogP contribution in [0.3, 0.4) is 0 Å². The molecular weight excluding hydrogens is 270 g/mol. The lowest BCUT2D eigenvalue weighted by Crippen LogP contribution is -2.37. The minimum Gasteiger partial charge on any atom is -0.335 e. The number of nitrogens with one attached hydrogen (secondary N) is 1. The van der Waals surface area contributed by atoms with Gasteiger partial charge in [0.05, 0.1) is 6.33 Å². The van der Waals surface area contributed by atoms with Crippen LogP contribution in [0, 0.1) is 6.92 Å². The predicted molar refractivity (Wildman–Crippen MR) is 84.1 cm³/mol. The summed E-state index contributed by atoms with van der Waals surface area (Å²) in [5.41, 5.74) is 2.41. The molecule has 0 aliphatic rings. The van der Waals surface area contributed by atoms with E-state index in [1.807, 2.05) is 24.7 Å². The van der Waals surface area contributed by atoms with Gasteiger partial charge in [-0.2, -0.15) is 0 Å². The van der Waals surface area contributed by atoms with Crippen molar-refractivity contribution in [3.8, 4) is 0 Å². The number of aryl methyl sites for hydroxylation is 2. The molecule has 0 atom stereocenters. The molecular formula is C16H22ClN3. The summed E-state index contributed by atoms with van der Waals surface area (Å²) in [6.45, 7) is 8.43. The molecule has 2 aromatic rings. The molecule has 0 bridgehead atoms. The molecule has 3 nitrogen and oxygen atoms in total. The predicted octanol–water partition coefficient (Wildman–Crippen LogP) is 3.76. The van der Waals surface area contributed by atoms with Crippen LogP contribution in [0.1, 0.15) is 31.5 Å². The van der Waals surface area contributed by atoms with E-state index in [9.17, 15) is 0 Å². The van der Waals surface area contributed by atoms with E-state index in [1.54, 1.807) is 0 Å². The van der Waals surface area contributed by atoms with Gasteiger partial charge in [-0.15, -0.1) is 0 Å². The Kier molecular flexibility index (Phi) is 4.84. The Morgan fingerprint density at radius 2 is 1.95 bits per heavy atom. The SMILES string of the molecule is Cc1cncn1CCCNC(C)(C)c1ccc(Cl)cc1. The van der Waals surface area contributed by atoms with Crippen LogP contribution in [0.15, 0.2) is 36.8 Å². The number of hydrogen-bond donors (Lipinski definition) is 1. The van der Waals surface area contributed by atoms with Gasteiger partial charge in [-0.3, -0.25) is 0 Å². The Labute approximate surface area is 126 Å². The fourth-order valence-corrected chi connectivity index (χ4v) is 2.37. The van der Waals surface area contributed by atoms with E-state index in [2.05, 4.69) is 47.8 Å². The molecule has 1 aromatic heterocycles. The minimum atomic E-state index is -0.0471. The molecule has 0 saturated carbocycles. The van der Waals surface area contributed by atoms with Gasteiger partial charge in [0.2, 0.25) is 0 Å². The molecule has 2 rings (SSSR count). The molecule has 20 heavy (non-hydrogen) atoms. The maximum Gasteiger partial charge on any atom is 0.0948 e. The van der Waals surface area contributed by atoms with Crippen molar-refractivity contribution in [3.05, 3.63) is 53.1 Å². The van der Waals surface area contributed by atoms with Crippen LogP contribution in [0.2, 0.25) is 5.02 Å². The molecule has 0 unspecified atom stereocenters. The number of imidazole rings is 1. The van der Waals surface area contributed by atoms with Crippen molar-refractivity contribution in [2.45, 2.75) is 39.3 Å². The van der Waals surface area contributed by atoms with Crippen LogP contribution >= 0.6 is 11.6 Å². The van der Waals surface area contributed by atoms with Gasteiger partial charge in [0.1, 0.15) is 0 Å². The zero-order valence-corrected chi connectivity index (χ0v) is 13.1. The van der Waals surface area contributed by atoms with Crippen molar-refractivity contribution in [1.29, 1.82) is 0 Å². The third-order valence-corrected chi connectivity index (χ3v) is 3.88. The van der Waals surface area contributed by atoms with Crippen LogP contribution in [-0.2, 0) is 12.1 Å². The van der Waals surface area contributed by atoms with Crippen molar-refractivity contribution in [2.75, 3.05) is 6.54 Å². The van der Waals surface area contributed by atoms with Gasteiger partial charge >= 0.3 is 0 Å². The number of hydrogen-bond acceptors (Lipinski definition) is 2. The van der Waals surface area contributed by atoms with E-state index in [0.717, 1.165) is 24.5 Å². The molecule has 108 valence electrons. The second kappa shape index (κ2) is 6.42. The monoisotopic (exact) mass is 291 g/mol. The van der Waals surface area contributed by atoms with E-state index in [-0.39, 0.29) is 5.54 Å². The fraction of sp³-hybridized carbons (Fsp3) is 0.438. The number of benzene rings is 1. The summed E-state index contributed by atoms with van der Waals surface area (Å²) in [7, 11) is 0. The van der Waals surface area contributed by atoms with Crippen LogP contribution in [0.5, 0.6) is 0 Å². The maximum atomic E-state index is 5.93. The number of rotatable bonds is 6. The molecule has 1 aromatic carbocycles. The molecule has 0 radical (unpaired) electrons. The Bertz CT molecular complexity index is 543. The van der Waals surface area contributed by atoms with Gasteiger partial charge in [0.15, 0.2) is 0 Å². The summed E-state index contributed by atoms with van der Waals surface area (Å²) in [5, 5.41) is 4.38. The quantitative estimate of drug-likeness (QED) is 0.821. The number of halogens is 1. The highest BCUT2D eigenvalue weighted by Gasteiger charge is 2.18. The Hall–Kier alpha value is -1.32. The molecule has 0 amide bonds. The highest BCUT2D eigenvalue weighted by atomic mass is 35.5. The fourth-order valence-electron chi connectivity index (χ4n) is 2.24. The zero-order valence-electron chi connectivity index (χ0n) is 12.4. The molecule has 1 N–H and O–H groups in total. The molecule has 1 heterocycles. The molecule has 0 aliphatic heterocycles. The molecule has 0 aliphatic carbocycles. The summed E-state index contributed by atoms with van der Waals surface area (Å²) in [6.07, 6.45) is 4.86. The number of aromatic nitrogens is 2. The van der Waals surface area contributed by atoms with Crippen molar-refractivity contribution < 1.29 is 0 Å². The first-order valence-electron chi connectivity index (χ1n) is 6.97. The first-order chi connectivity index (χ1) is 9.49. The zero-order chi connectivity index (χ0) is 14.6. The smallest absolute Gasteiger partial charge is 0.0948 e. The maximum absolute atomic E-state index is 5.93.